The van der Waals surface area contributed by atoms with Crippen LogP contribution >= 0.6 is 0 Å². The van der Waals surface area contributed by atoms with Crippen molar-refractivity contribution in [2.24, 2.45) is 5.92 Å². The van der Waals surface area contributed by atoms with Gasteiger partial charge in [-0.2, -0.15) is 10.1 Å². The molecular weight excluding hydrogens is 342 g/mol. The Kier molecular flexibility index (Phi) is 4.50. The number of aromatic amines is 1. The molecule has 4 rings (SSSR count). The van der Waals surface area contributed by atoms with Crippen LogP contribution in [-0.2, 0) is 6.54 Å². The fourth-order valence-electron chi connectivity index (χ4n) is 3.24. The molecule has 0 spiro atoms. The van der Waals surface area contributed by atoms with Gasteiger partial charge in [-0.3, -0.25) is 9.89 Å². The molecule has 0 amide bonds. The SMILES string of the molecule is COc1cn(Cc2ccccc2)c(NC2C=c3[nH]ncc3=CC2C)nc1=O. The Morgan fingerprint density at radius 1 is 1.26 bits per heavy atom. The lowest BCUT2D eigenvalue weighted by Gasteiger charge is -2.24. The van der Waals surface area contributed by atoms with Crippen LogP contribution in [0.2, 0.25) is 0 Å². The molecule has 0 fully saturated rings. The van der Waals surface area contributed by atoms with Gasteiger partial charge in [-0.05, 0) is 17.6 Å². The zero-order valence-electron chi connectivity index (χ0n) is 15.2. The van der Waals surface area contributed by atoms with E-state index in [1.165, 1.54) is 7.11 Å². The first-order valence-corrected chi connectivity index (χ1v) is 8.83. The highest BCUT2D eigenvalue weighted by molar-refractivity contribution is 5.49. The highest BCUT2D eigenvalue weighted by Gasteiger charge is 2.19. The highest BCUT2D eigenvalue weighted by atomic mass is 16.5. The molecule has 2 heterocycles. The van der Waals surface area contributed by atoms with E-state index in [2.05, 4.69) is 39.6 Å². The number of aromatic nitrogens is 4. The topological polar surface area (TPSA) is 84.8 Å². The predicted molar refractivity (Wildman–Crippen MR) is 104 cm³/mol. The number of anilines is 1. The molecule has 138 valence electrons. The zero-order valence-corrected chi connectivity index (χ0v) is 15.2. The monoisotopic (exact) mass is 363 g/mol. The molecule has 1 aliphatic rings. The number of benzene rings is 1. The number of hydrogen-bond donors (Lipinski definition) is 2. The van der Waals surface area contributed by atoms with Gasteiger partial charge in [0.1, 0.15) is 0 Å². The second kappa shape index (κ2) is 7.11. The Labute approximate surface area is 156 Å². The summed E-state index contributed by atoms with van der Waals surface area (Å²) in [6.07, 6.45) is 7.74. The zero-order chi connectivity index (χ0) is 18.8. The number of hydrogen-bond acceptors (Lipinski definition) is 5. The van der Waals surface area contributed by atoms with E-state index >= 15 is 0 Å². The molecule has 3 aromatic rings. The standard InChI is InChI=1S/C20H21N5O2/c1-13-8-15-10-21-24-17(15)9-16(13)22-20-23-19(26)18(27-2)12-25(20)11-14-6-4-3-5-7-14/h3-10,12-13,16,24H,11H2,1-2H3,(H,22,23,26). The van der Waals surface area contributed by atoms with E-state index in [-0.39, 0.29) is 23.3 Å². The third-order valence-electron chi connectivity index (χ3n) is 4.73. The third kappa shape index (κ3) is 3.48. The van der Waals surface area contributed by atoms with Crippen molar-refractivity contribution in [3.05, 3.63) is 69.2 Å². The van der Waals surface area contributed by atoms with Crippen LogP contribution < -0.4 is 26.2 Å². The summed E-state index contributed by atoms with van der Waals surface area (Å²) in [4.78, 5) is 16.5. The Balaban J connectivity index is 1.71. The number of ether oxygens (including phenoxy) is 1. The molecule has 0 saturated heterocycles. The molecule has 7 heteroatoms. The summed E-state index contributed by atoms with van der Waals surface area (Å²) in [5.41, 5.74) is 0.718. The van der Waals surface area contributed by atoms with E-state index in [1.54, 1.807) is 6.20 Å². The van der Waals surface area contributed by atoms with Crippen LogP contribution in [0.5, 0.6) is 5.75 Å². The molecule has 7 nitrogen and oxygen atoms in total. The van der Waals surface area contributed by atoms with Gasteiger partial charge in [0.25, 0.3) is 0 Å². The highest BCUT2D eigenvalue weighted by Crippen LogP contribution is 2.17. The van der Waals surface area contributed by atoms with Gasteiger partial charge in [0.05, 0.1) is 37.4 Å². The molecule has 2 atom stereocenters. The number of fused-ring (bicyclic) bond motifs is 1. The van der Waals surface area contributed by atoms with Gasteiger partial charge < -0.3 is 14.6 Å². The Hall–Kier alpha value is -3.35. The third-order valence-corrected chi connectivity index (χ3v) is 4.73. The molecule has 2 unspecified atom stereocenters. The molecule has 0 bridgehead atoms. The van der Waals surface area contributed by atoms with E-state index in [0.29, 0.717) is 12.5 Å². The number of nitrogens with one attached hydrogen (secondary N) is 2. The summed E-state index contributed by atoms with van der Waals surface area (Å²) in [6, 6.07) is 10.0. The van der Waals surface area contributed by atoms with Crippen LogP contribution in [0.3, 0.4) is 0 Å². The molecule has 2 aromatic heterocycles. The van der Waals surface area contributed by atoms with E-state index in [1.807, 2.05) is 41.1 Å². The van der Waals surface area contributed by atoms with Crippen LogP contribution in [0.25, 0.3) is 12.2 Å². The Morgan fingerprint density at radius 2 is 2.07 bits per heavy atom. The average Bonchev–Trinajstić information content (AvgIpc) is 3.12. The second-order valence-corrected chi connectivity index (χ2v) is 6.65. The summed E-state index contributed by atoms with van der Waals surface area (Å²) in [6.45, 7) is 2.69. The quantitative estimate of drug-likeness (QED) is 0.698. The molecule has 0 aliphatic heterocycles. The lowest BCUT2D eigenvalue weighted by Crippen LogP contribution is -2.38. The van der Waals surface area contributed by atoms with E-state index in [4.69, 9.17) is 4.74 Å². The van der Waals surface area contributed by atoms with Gasteiger partial charge in [0.2, 0.25) is 11.7 Å². The van der Waals surface area contributed by atoms with E-state index < -0.39 is 0 Å². The lowest BCUT2D eigenvalue weighted by molar-refractivity contribution is 0.402. The van der Waals surface area contributed by atoms with Crippen molar-refractivity contribution in [1.82, 2.24) is 19.7 Å². The largest absolute Gasteiger partial charge is 0.490 e. The number of rotatable bonds is 5. The first-order chi connectivity index (χ1) is 13.1. The summed E-state index contributed by atoms with van der Waals surface area (Å²) in [7, 11) is 1.48. The van der Waals surface area contributed by atoms with Gasteiger partial charge in [-0.25, -0.2) is 0 Å². The maximum Gasteiger partial charge on any atom is 0.316 e. The van der Waals surface area contributed by atoms with Gasteiger partial charge in [0.15, 0.2) is 0 Å². The van der Waals surface area contributed by atoms with Crippen LogP contribution in [0.1, 0.15) is 12.5 Å². The van der Waals surface area contributed by atoms with Gasteiger partial charge in [-0.15, -0.1) is 0 Å². The van der Waals surface area contributed by atoms with Crippen molar-refractivity contribution in [3.63, 3.8) is 0 Å². The fraction of sp³-hybridized carbons (Fsp3) is 0.250. The van der Waals surface area contributed by atoms with Gasteiger partial charge in [-0.1, -0.05) is 43.3 Å². The van der Waals surface area contributed by atoms with Crippen molar-refractivity contribution in [1.29, 1.82) is 0 Å². The Morgan fingerprint density at radius 3 is 2.85 bits per heavy atom. The average molecular weight is 363 g/mol. The second-order valence-electron chi connectivity index (χ2n) is 6.65. The molecule has 2 N–H and O–H groups in total. The minimum Gasteiger partial charge on any atom is -0.490 e. The normalized spacial score (nSPS) is 18.1. The minimum absolute atomic E-state index is 0.0136. The number of nitrogens with zero attached hydrogens (tertiary/aromatic N) is 3. The molecule has 0 saturated carbocycles. The van der Waals surface area contributed by atoms with Crippen LogP contribution in [0.15, 0.2) is 47.5 Å². The molecule has 27 heavy (non-hydrogen) atoms. The van der Waals surface area contributed by atoms with Crippen molar-refractivity contribution in [3.8, 4) is 5.75 Å². The van der Waals surface area contributed by atoms with Crippen molar-refractivity contribution in [2.75, 3.05) is 12.4 Å². The number of methoxy groups -OCH3 is 1. The van der Waals surface area contributed by atoms with Crippen molar-refractivity contribution >= 4 is 18.1 Å². The lowest BCUT2D eigenvalue weighted by atomic mass is 9.97. The number of H-pyrrole nitrogens is 1. The minimum atomic E-state index is -0.390. The maximum atomic E-state index is 12.2. The first-order valence-electron chi connectivity index (χ1n) is 8.83. The van der Waals surface area contributed by atoms with Crippen LogP contribution in [0, 0.1) is 5.92 Å². The van der Waals surface area contributed by atoms with Crippen LogP contribution in [-0.4, -0.2) is 32.9 Å². The van der Waals surface area contributed by atoms with Crippen molar-refractivity contribution in [2.45, 2.75) is 19.5 Å². The van der Waals surface area contributed by atoms with Gasteiger partial charge in [0, 0.05) is 5.22 Å². The summed E-state index contributed by atoms with van der Waals surface area (Å²) in [5, 5.41) is 12.5. The van der Waals surface area contributed by atoms with Gasteiger partial charge >= 0.3 is 5.56 Å². The molecular formula is C20H21N5O2. The Bertz CT molecular complexity index is 1120. The van der Waals surface area contributed by atoms with E-state index in [9.17, 15) is 4.79 Å². The fourth-order valence-corrected chi connectivity index (χ4v) is 3.24. The van der Waals surface area contributed by atoms with E-state index in [0.717, 1.165) is 16.1 Å². The predicted octanol–water partition coefficient (Wildman–Crippen LogP) is 0.715. The van der Waals surface area contributed by atoms with Crippen molar-refractivity contribution < 1.29 is 4.74 Å². The summed E-state index contributed by atoms with van der Waals surface area (Å²) < 4.78 is 7.08. The molecule has 1 aliphatic carbocycles. The molecule has 0 radical (unpaired) electrons. The molecule has 1 aromatic carbocycles. The maximum absolute atomic E-state index is 12.2. The van der Waals surface area contributed by atoms with Crippen LogP contribution in [0.4, 0.5) is 5.95 Å². The first kappa shape index (κ1) is 17.1. The smallest absolute Gasteiger partial charge is 0.316 e. The summed E-state index contributed by atoms with van der Waals surface area (Å²) in [5.74, 6) is 0.952. The summed E-state index contributed by atoms with van der Waals surface area (Å²) >= 11 is 0.